The van der Waals surface area contributed by atoms with Crippen LogP contribution < -0.4 is 0 Å². The Kier molecular flexibility index (Phi) is 4.77. The van der Waals surface area contributed by atoms with Crippen LogP contribution in [0.1, 0.15) is 40.8 Å². The van der Waals surface area contributed by atoms with Crippen molar-refractivity contribution in [2.75, 3.05) is 13.2 Å². The topological polar surface area (TPSA) is 80.0 Å². The Labute approximate surface area is 161 Å². The van der Waals surface area contributed by atoms with Crippen LogP contribution in [-0.2, 0) is 9.53 Å². The van der Waals surface area contributed by atoms with Gasteiger partial charge in [-0.1, -0.05) is 12.1 Å². The second-order valence-electron chi connectivity index (χ2n) is 7.05. The fraction of sp³-hybridized carbons (Fsp3) is 0.333. The van der Waals surface area contributed by atoms with E-state index in [0.29, 0.717) is 17.9 Å². The standard InChI is InChI=1S/C21H20FNO5/c1-12-4-9-16(28-12)19(24)17-18(13-5-7-14(22)8-6-13)23(21(26)20(17)25)11-15-3-2-10-27-15/h4-9,15,18,25H,2-3,10-11H2,1H3/t15-,18-/m0/s1. The zero-order valence-electron chi connectivity index (χ0n) is 15.4. The van der Waals surface area contributed by atoms with E-state index in [1.807, 2.05) is 0 Å². The number of amides is 1. The number of ether oxygens (including phenoxy) is 1. The molecule has 1 amide bonds. The molecule has 2 aliphatic heterocycles. The lowest BCUT2D eigenvalue weighted by Gasteiger charge is -2.28. The van der Waals surface area contributed by atoms with E-state index in [2.05, 4.69) is 0 Å². The smallest absolute Gasteiger partial charge is 0.290 e. The molecule has 2 aliphatic rings. The van der Waals surface area contributed by atoms with Crippen molar-refractivity contribution in [1.29, 1.82) is 0 Å². The largest absolute Gasteiger partial charge is 0.503 e. The van der Waals surface area contributed by atoms with Gasteiger partial charge in [-0.05, 0) is 49.6 Å². The summed E-state index contributed by atoms with van der Waals surface area (Å²) in [5.41, 5.74) is 0.465. The summed E-state index contributed by atoms with van der Waals surface area (Å²) in [6.45, 7) is 2.55. The molecule has 0 radical (unpaired) electrons. The minimum Gasteiger partial charge on any atom is -0.503 e. The minimum atomic E-state index is -0.838. The molecule has 1 aromatic carbocycles. The normalized spacial score (nSPS) is 22.4. The van der Waals surface area contributed by atoms with Crippen molar-refractivity contribution in [2.24, 2.45) is 0 Å². The highest BCUT2D eigenvalue weighted by Gasteiger charge is 2.45. The third kappa shape index (κ3) is 3.22. The van der Waals surface area contributed by atoms with Crippen molar-refractivity contribution >= 4 is 11.7 Å². The number of aliphatic hydroxyl groups excluding tert-OH is 1. The van der Waals surface area contributed by atoms with Crippen molar-refractivity contribution in [2.45, 2.75) is 31.9 Å². The van der Waals surface area contributed by atoms with E-state index in [4.69, 9.17) is 9.15 Å². The van der Waals surface area contributed by atoms with Gasteiger partial charge in [-0.15, -0.1) is 0 Å². The van der Waals surface area contributed by atoms with Crippen LogP contribution in [-0.4, -0.2) is 41.0 Å². The molecule has 1 N–H and O–H groups in total. The summed E-state index contributed by atoms with van der Waals surface area (Å²) >= 11 is 0. The number of Topliss-reactive ketones (excluding diaryl/α,β-unsaturated/α-hetero) is 1. The predicted molar refractivity (Wildman–Crippen MR) is 97.3 cm³/mol. The van der Waals surface area contributed by atoms with E-state index in [-0.39, 0.29) is 24.0 Å². The lowest BCUT2D eigenvalue weighted by atomic mass is 9.95. The molecule has 0 aliphatic carbocycles. The van der Waals surface area contributed by atoms with Crippen LogP contribution in [0.5, 0.6) is 0 Å². The summed E-state index contributed by atoms with van der Waals surface area (Å²) in [7, 11) is 0. The van der Waals surface area contributed by atoms with Crippen LogP contribution >= 0.6 is 0 Å². The molecule has 1 aromatic heterocycles. The summed E-state index contributed by atoms with van der Waals surface area (Å²) in [6, 6.07) is 7.85. The first-order valence-corrected chi connectivity index (χ1v) is 9.18. The van der Waals surface area contributed by atoms with Gasteiger partial charge < -0.3 is 19.2 Å². The van der Waals surface area contributed by atoms with Gasteiger partial charge in [0.15, 0.2) is 11.5 Å². The average Bonchev–Trinajstić information content (AvgIpc) is 3.40. The average molecular weight is 385 g/mol. The zero-order chi connectivity index (χ0) is 19.8. The van der Waals surface area contributed by atoms with Crippen molar-refractivity contribution in [3.05, 3.63) is 70.6 Å². The molecule has 0 unspecified atom stereocenters. The molecule has 3 heterocycles. The van der Waals surface area contributed by atoms with Crippen LogP contribution in [0.2, 0.25) is 0 Å². The van der Waals surface area contributed by atoms with E-state index in [1.54, 1.807) is 13.0 Å². The maximum atomic E-state index is 13.4. The quantitative estimate of drug-likeness (QED) is 0.797. The van der Waals surface area contributed by atoms with E-state index in [9.17, 15) is 19.1 Å². The molecule has 0 bridgehead atoms. The van der Waals surface area contributed by atoms with Crippen molar-refractivity contribution in [3.8, 4) is 0 Å². The van der Waals surface area contributed by atoms with Crippen molar-refractivity contribution < 1.29 is 28.2 Å². The fourth-order valence-corrected chi connectivity index (χ4v) is 3.76. The predicted octanol–water partition coefficient (Wildman–Crippen LogP) is 3.48. The summed E-state index contributed by atoms with van der Waals surface area (Å²) in [5.74, 6) is -1.66. The molecule has 0 saturated carbocycles. The molecular formula is C21H20FNO5. The molecular weight excluding hydrogens is 365 g/mol. The van der Waals surface area contributed by atoms with Crippen LogP contribution in [0.4, 0.5) is 4.39 Å². The second kappa shape index (κ2) is 7.24. The van der Waals surface area contributed by atoms with Gasteiger partial charge in [-0.25, -0.2) is 4.39 Å². The maximum absolute atomic E-state index is 13.4. The van der Waals surface area contributed by atoms with Gasteiger partial charge in [0.25, 0.3) is 5.91 Å². The fourth-order valence-electron chi connectivity index (χ4n) is 3.76. The number of ketones is 1. The monoisotopic (exact) mass is 385 g/mol. The Morgan fingerprint density at radius 2 is 2.00 bits per heavy atom. The number of aryl methyl sites for hydroxylation is 1. The molecule has 146 valence electrons. The van der Waals surface area contributed by atoms with Gasteiger partial charge >= 0.3 is 0 Å². The third-order valence-corrected chi connectivity index (χ3v) is 5.12. The number of carbonyl (C=O) groups is 2. The van der Waals surface area contributed by atoms with E-state index >= 15 is 0 Å². The van der Waals surface area contributed by atoms with Gasteiger partial charge in [0.2, 0.25) is 5.78 Å². The molecule has 0 spiro atoms. The zero-order valence-corrected chi connectivity index (χ0v) is 15.4. The van der Waals surface area contributed by atoms with E-state index in [1.165, 1.54) is 35.2 Å². The summed E-state index contributed by atoms with van der Waals surface area (Å²) in [6.07, 6.45) is 1.52. The molecule has 2 aromatic rings. The van der Waals surface area contributed by atoms with Gasteiger partial charge in [0.1, 0.15) is 11.6 Å². The molecule has 1 fully saturated rings. The highest BCUT2D eigenvalue weighted by atomic mass is 19.1. The Balaban J connectivity index is 1.75. The Hall–Kier alpha value is -2.93. The number of carbonyl (C=O) groups excluding carboxylic acids is 2. The molecule has 1 saturated heterocycles. The number of hydrogen-bond donors (Lipinski definition) is 1. The second-order valence-corrected chi connectivity index (χ2v) is 7.05. The Morgan fingerprint density at radius 1 is 1.25 bits per heavy atom. The van der Waals surface area contributed by atoms with Gasteiger partial charge in [0, 0.05) is 13.2 Å². The number of furan rings is 1. The van der Waals surface area contributed by atoms with E-state index in [0.717, 1.165) is 12.8 Å². The van der Waals surface area contributed by atoms with Crippen molar-refractivity contribution in [3.63, 3.8) is 0 Å². The van der Waals surface area contributed by atoms with Gasteiger partial charge in [0.05, 0.1) is 17.7 Å². The third-order valence-electron chi connectivity index (χ3n) is 5.12. The number of hydrogen-bond acceptors (Lipinski definition) is 5. The highest BCUT2D eigenvalue weighted by molar-refractivity contribution is 6.15. The van der Waals surface area contributed by atoms with E-state index < -0.39 is 29.3 Å². The number of nitrogens with zero attached hydrogens (tertiary/aromatic N) is 1. The summed E-state index contributed by atoms with van der Waals surface area (Å²) < 4.78 is 24.5. The summed E-state index contributed by atoms with van der Waals surface area (Å²) in [5, 5.41) is 10.5. The van der Waals surface area contributed by atoms with Crippen LogP contribution in [0.25, 0.3) is 0 Å². The molecule has 2 atom stereocenters. The molecule has 7 heteroatoms. The molecule has 4 rings (SSSR count). The lowest BCUT2D eigenvalue weighted by molar-refractivity contribution is -0.131. The van der Waals surface area contributed by atoms with Crippen LogP contribution in [0.15, 0.2) is 52.1 Å². The van der Waals surface area contributed by atoms with Gasteiger partial charge in [-0.2, -0.15) is 0 Å². The van der Waals surface area contributed by atoms with Crippen LogP contribution in [0.3, 0.4) is 0 Å². The number of rotatable bonds is 5. The Morgan fingerprint density at radius 3 is 2.61 bits per heavy atom. The molecule has 6 nitrogen and oxygen atoms in total. The first-order chi connectivity index (χ1) is 13.5. The summed E-state index contributed by atoms with van der Waals surface area (Å²) in [4.78, 5) is 27.3. The number of benzene rings is 1. The maximum Gasteiger partial charge on any atom is 0.290 e. The SMILES string of the molecule is Cc1ccc(C(=O)C2=C(O)C(=O)N(C[C@@H]3CCCO3)[C@H]2c2ccc(F)cc2)o1. The van der Waals surface area contributed by atoms with Crippen LogP contribution in [0, 0.1) is 12.7 Å². The lowest BCUT2D eigenvalue weighted by Crippen LogP contribution is -2.37. The minimum absolute atomic E-state index is 0.0397. The van der Waals surface area contributed by atoms with Gasteiger partial charge in [-0.3, -0.25) is 9.59 Å². The highest BCUT2D eigenvalue weighted by Crippen LogP contribution is 2.39. The number of aliphatic hydroxyl groups is 1. The number of halogens is 1. The van der Waals surface area contributed by atoms with Crippen molar-refractivity contribution in [1.82, 2.24) is 4.90 Å². The first-order valence-electron chi connectivity index (χ1n) is 9.18. The first kappa shape index (κ1) is 18.4. The molecule has 28 heavy (non-hydrogen) atoms. The Bertz CT molecular complexity index is 940.